The van der Waals surface area contributed by atoms with Gasteiger partial charge in [-0.05, 0) is 6.42 Å². The van der Waals surface area contributed by atoms with E-state index in [1.165, 1.54) is 62.7 Å². The number of aliphatic carboxylic acids is 1. The van der Waals surface area contributed by atoms with Crippen molar-refractivity contribution in [3.05, 3.63) is 0 Å². The molecule has 0 saturated carbocycles. The van der Waals surface area contributed by atoms with Gasteiger partial charge in [-0.15, -0.1) is 0 Å². The average molecular weight is 323 g/mol. The molecule has 0 rings (SSSR count). The van der Waals surface area contributed by atoms with Crippen LogP contribution in [0.15, 0.2) is 0 Å². The number of hydrogen-bond acceptors (Lipinski definition) is 2. The summed E-state index contributed by atoms with van der Waals surface area (Å²) < 4.78 is 0. The number of likely N-dealkylation sites (N-methyl/N-ethyl adjacent to an activating group) is 1. The SMILES string of the molecule is CCCCCCCCCCCCCC(=O)N(C)CC(=O)O.[NaH]. The molecule has 4 nitrogen and oxygen atoms in total. The van der Waals surface area contributed by atoms with Crippen molar-refractivity contribution in [1.29, 1.82) is 0 Å². The molecule has 0 aromatic rings. The third-order valence-corrected chi connectivity index (χ3v) is 3.79. The van der Waals surface area contributed by atoms with Crippen LogP contribution in [0.25, 0.3) is 0 Å². The van der Waals surface area contributed by atoms with Crippen molar-refractivity contribution in [2.75, 3.05) is 13.6 Å². The van der Waals surface area contributed by atoms with Crippen LogP contribution in [0.3, 0.4) is 0 Å². The third kappa shape index (κ3) is 16.3. The number of rotatable bonds is 14. The molecule has 0 unspecified atom stereocenters. The molecule has 0 aromatic heterocycles. The monoisotopic (exact) mass is 323 g/mol. The van der Waals surface area contributed by atoms with E-state index in [0.717, 1.165) is 12.8 Å². The second-order valence-electron chi connectivity index (χ2n) is 5.93. The molecular weight excluding hydrogens is 289 g/mol. The Labute approximate surface area is 158 Å². The summed E-state index contributed by atoms with van der Waals surface area (Å²) in [5.41, 5.74) is 0. The van der Waals surface area contributed by atoms with E-state index in [0.29, 0.717) is 6.42 Å². The minimum atomic E-state index is -0.954. The molecule has 0 heterocycles. The van der Waals surface area contributed by atoms with Crippen molar-refractivity contribution in [3.63, 3.8) is 0 Å². The summed E-state index contributed by atoms with van der Waals surface area (Å²) in [6, 6.07) is 0. The van der Waals surface area contributed by atoms with Crippen LogP contribution in [0.2, 0.25) is 0 Å². The second-order valence-corrected chi connectivity index (χ2v) is 5.93. The van der Waals surface area contributed by atoms with Crippen LogP contribution in [0.5, 0.6) is 0 Å². The van der Waals surface area contributed by atoms with Gasteiger partial charge in [-0.2, -0.15) is 0 Å². The van der Waals surface area contributed by atoms with E-state index < -0.39 is 5.97 Å². The van der Waals surface area contributed by atoms with Crippen LogP contribution in [-0.4, -0.2) is 65.0 Å². The topological polar surface area (TPSA) is 57.6 Å². The van der Waals surface area contributed by atoms with E-state index in [1.807, 2.05) is 0 Å². The van der Waals surface area contributed by atoms with Gasteiger partial charge in [-0.3, -0.25) is 9.59 Å². The van der Waals surface area contributed by atoms with Crippen LogP contribution in [0, 0.1) is 0 Å². The number of amides is 1. The van der Waals surface area contributed by atoms with E-state index in [9.17, 15) is 9.59 Å². The van der Waals surface area contributed by atoms with E-state index in [1.54, 1.807) is 7.05 Å². The molecule has 1 N–H and O–H groups in total. The quantitative estimate of drug-likeness (QED) is 0.393. The number of unbranched alkanes of at least 4 members (excludes halogenated alkanes) is 10. The van der Waals surface area contributed by atoms with Gasteiger partial charge in [0, 0.05) is 13.5 Å². The van der Waals surface area contributed by atoms with Crippen LogP contribution >= 0.6 is 0 Å². The summed E-state index contributed by atoms with van der Waals surface area (Å²) in [4.78, 5) is 23.4. The van der Waals surface area contributed by atoms with Crippen molar-refractivity contribution in [3.8, 4) is 0 Å². The summed E-state index contributed by atoms with van der Waals surface area (Å²) in [7, 11) is 1.55. The molecule has 0 aliphatic heterocycles. The molecule has 126 valence electrons. The Morgan fingerprint density at radius 2 is 1.23 bits per heavy atom. The van der Waals surface area contributed by atoms with E-state index in [4.69, 9.17) is 5.11 Å². The fourth-order valence-electron chi connectivity index (χ4n) is 2.42. The number of carbonyl (C=O) groups excluding carboxylic acids is 1. The van der Waals surface area contributed by atoms with Gasteiger partial charge in [-0.25, -0.2) is 0 Å². The Kier molecular flexibility index (Phi) is 19.0. The number of carboxylic acid groups (broad SMARTS) is 1. The predicted molar refractivity (Wildman–Crippen MR) is 93.5 cm³/mol. The van der Waals surface area contributed by atoms with E-state index in [2.05, 4.69) is 6.92 Å². The van der Waals surface area contributed by atoms with Crippen LogP contribution < -0.4 is 0 Å². The van der Waals surface area contributed by atoms with Gasteiger partial charge in [0.2, 0.25) is 5.91 Å². The molecule has 0 radical (unpaired) electrons. The van der Waals surface area contributed by atoms with Gasteiger partial charge in [0.25, 0.3) is 0 Å². The molecule has 1 amide bonds. The van der Waals surface area contributed by atoms with Crippen LogP contribution in [0.4, 0.5) is 0 Å². The van der Waals surface area contributed by atoms with Crippen molar-refractivity contribution >= 4 is 41.4 Å². The molecule has 0 aromatic carbocycles. The molecule has 5 heteroatoms. The first kappa shape index (κ1) is 24.2. The maximum atomic E-state index is 11.6. The van der Waals surface area contributed by atoms with E-state index in [-0.39, 0.29) is 42.0 Å². The number of carboxylic acids is 1. The molecule has 0 saturated heterocycles. The fraction of sp³-hybridized carbons (Fsp3) is 0.882. The number of hydrogen-bond donors (Lipinski definition) is 1. The summed E-state index contributed by atoms with van der Waals surface area (Å²) in [5.74, 6) is -1.02. The van der Waals surface area contributed by atoms with Gasteiger partial charge in [0.1, 0.15) is 6.54 Å². The van der Waals surface area contributed by atoms with Crippen molar-refractivity contribution in [1.82, 2.24) is 4.90 Å². The first-order valence-corrected chi connectivity index (χ1v) is 8.53. The first-order chi connectivity index (χ1) is 10.1. The van der Waals surface area contributed by atoms with Crippen molar-refractivity contribution in [2.24, 2.45) is 0 Å². The van der Waals surface area contributed by atoms with Gasteiger partial charge in [0.15, 0.2) is 0 Å². The number of nitrogens with zero attached hydrogens (tertiary/aromatic N) is 1. The second kappa shape index (κ2) is 17.3. The Balaban J connectivity index is 0. The zero-order valence-corrected chi connectivity index (χ0v) is 13.9. The first-order valence-electron chi connectivity index (χ1n) is 8.53. The zero-order chi connectivity index (χ0) is 15.9. The molecule has 0 aliphatic rings. The molecule has 0 aliphatic carbocycles. The maximum absolute atomic E-state index is 11.6. The molecule has 0 fully saturated rings. The average Bonchev–Trinajstić information content (AvgIpc) is 2.43. The molecule has 0 spiro atoms. The van der Waals surface area contributed by atoms with E-state index >= 15 is 0 Å². The normalized spacial score (nSPS) is 10.1. The molecule has 0 atom stereocenters. The molecule has 22 heavy (non-hydrogen) atoms. The summed E-state index contributed by atoms with van der Waals surface area (Å²) in [5, 5.41) is 8.60. The molecular formula is C17H34NNaO3. The van der Waals surface area contributed by atoms with Crippen LogP contribution in [0.1, 0.15) is 84.0 Å². The van der Waals surface area contributed by atoms with Gasteiger partial charge >= 0.3 is 35.5 Å². The minimum absolute atomic E-state index is 0. The van der Waals surface area contributed by atoms with Crippen LogP contribution in [-0.2, 0) is 9.59 Å². The van der Waals surface area contributed by atoms with Gasteiger partial charge in [-0.1, -0.05) is 71.1 Å². The van der Waals surface area contributed by atoms with Crippen molar-refractivity contribution < 1.29 is 14.7 Å². The van der Waals surface area contributed by atoms with Gasteiger partial charge < -0.3 is 10.0 Å². The Morgan fingerprint density at radius 3 is 1.64 bits per heavy atom. The Morgan fingerprint density at radius 1 is 0.818 bits per heavy atom. The zero-order valence-electron chi connectivity index (χ0n) is 13.9. The fourth-order valence-corrected chi connectivity index (χ4v) is 2.42. The Bertz CT molecular complexity index is 285. The predicted octanol–water partition coefficient (Wildman–Crippen LogP) is 3.58. The number of carbonyl (C=O) groups is 2. The Hall–Kier alpha value is -0.0600. The van der Waals surface area contributed by atoms with Gasteiger partial charge in [0.05, 0.1) is 0 Å². The summed E-state index contributed by atoms with van der Waals surface area (Å²) in [6.45, 7) is 2.04. The molecule has 0 bridgehead atoms. The van der Waals surface area contributed by atoms with Crippen molar-refractivity contribution in [2.45, 2.75) is 84.0 Å². The third-order valence-electron chi connectivity index (χ3n) is 3.79. The summed E-state index contributed by atoms with van der Waals surface area (Å²) in [6.07, 6.45) is 14.3. The standard InChI is InChI=1S/C17H33NO3.Na.H/c1-3-4-5-6-7-8-9-10-11-12-13-14-16(19)18(2)15-17(20)21;;/h3-15H2,1-2H3,(H,20,21);;. The summed E-state index contributed by atoms with van der Waals surface area (Å²) >= 11 is 0.